The van der Waals surface area contributed by atoms with E-state index in [-0.39, 0.29) is 13.2 Å². The van der Waals surface area contributed by atoms with E-state index in [0.717, 1.165) is 6.92 Å². The number of rotatable bonds is 4. The van der Waals surface area contributed by atoms with Crippen LogP contribution in [-0.2, 0) is 14.3 Å². The van der Waals surface area contributed by atoms with Gasteiger partial charge < -0.3 is 15.2 Å². The second kappa shape index (κ2) is 5.11. The van der Waals surface area contributed by atoms with Gasteiger partial charge in [0.25, 0.3) is 0 Å². The van der Waals surface area contributed by atoms with E-state index >= 15 is 0 Å². The molecule has 0 radical (unpaired) electrons. The Hall–Kier alpha value is -1.59. The second-order valence-electron chi connectivity index (χ2n) is 1.92. The molecule has 0 aliphatic heterocycles. The second-order valence-corrected chi connectivity index (χ2v) is 1.92. The van der Waals surface area contributed by atoms with E-state index in [9.17, 15) is 14.4 Å². The van der Waals surface area contributed by atoms with Gasteiger partial charge in [-0.2, -0.15) is 0 Å². The van der Waals surface area contributed by atoms with E-state index in [0.29, 0.717) is 0 Å². The lowest BCUT2D eigenvalue weighted by Gasteiger charge is -2.01. The van der Waals surface area contributed by atoms with Gasteiger partial charge in [-0.25, -0.2) is 9.59 Å². The molecule has 6 heteroatoms. The van der Waals surface area contributed by atoms with Crippen molar-refractivity contribution in [3.63, 3.8) is 0 Å². The number of nitrogens with one attached hydrogen (secondary N) is 1. The Bertz CT molecular complexity index is 200. The molecular formula is C6H9NO5. The Labute approximate surface area is 68.5 Å². The monoisotopic (exact) mass is 175 g/mol. The summed E-state index contributed by atoms with van der Waals surface area (Å²) in [5.74, 6) is -1.66. The van der Waals surface area contributed by atoms with Gasteiger partial charge in [0, 0.05) is 6.92 Å². The minimum absolute atomic E-state index is 0.0195. The molecule has 0 aliphatic rings. The summed E-state index contributed by atoms with van der Waals surface area (Å²) in [6, 6.07) is 0. The van der Waals surface area contributed by atoms with Crippen LogP contribution in [0.15, 0.2) is 0 Å². The van der Waals surface area contributed by atoms with E-state index in [1.54, 1.807) is 0 Å². The molecule has 0 aliphatic carbocycles. The molecule has 0 unspecified atom stereocenters. The molecule has 0 aromatic carbocycles. The topological polar surface area (TPSA) is 92.7 Å². The number of amides is 1. The average Bonchev–Trinajstić information content (AvgIpc) is 1.97. The Morgan fingerprint density at radius 2 is 2.00 bits per heavy atom. The number of ketones is 1. The summed E-state index contributed by atoms with van der Waals surface area (Å²) < 4.78 is 4.34. The van der Waals surface area contributed by atoms with Gasteiger partial charge in [-0.1, -0.05) is 0 Å². The highest BCUT2D eigenvalue weighted by Gasteiger charge is 2.07. The van der Waals surface area contributed by atoms with Gasteiger partial charge in [-0.15, -0.1) is 0 Å². The number of carboxylic acid groups (broad SMARTS) is 1. The minimum atomic E-state index is -1.20. The van der Waals surface area contributed by atoms with Gasteiger partial charge in [-0.3, -0.25) is 4.79 Å². The molecule has 0 rings (SSSR count). The number of carbonyl (C=O) groups excluding carboxylic acids is 2. The fourth-order valence-corrected chi connectivity index (χ4v) is 0.403. The van der Waals surface area contributed by atoms with Crippen molar-refractivity contribution in [2.75, 3.05) is 13.2 Å². The zero-order chi connectivity index (χ0) is 9.56. The molecule has 0 aromatic heterocycles. The molecule has 0 fully saturated rings. The first kappa shape index (κ1) is 10.4. The normalized spacial score (nSPS) is 8.75. The van der Waals surface area contributed by atoms with Crippen molar-refractivity contribution < 1.29 is 24.2 Å². The third kappa shape index (κ3) is 5.21. The van der Waals surface area contributed by atoms with Crippen LogP contribution in [0.4, 0.5) is 4.79 Å². The predicted molar refractivity (Wildman–Crippen MR) is 37.7 cm³/mol. The summed E-state index contributed by atoms with van der Waals surface area (Å²) in [7, 11) is 0. The van der Waals surface area contributed by atoms with E-state index in [2.05, 4.69) is 4.74 Å². The molecule has 0 bridgehead atoms. The van der Waals surface area contributed by atoms with E-state index < -0.39 is 17.8 Å². The predicted octanol–water partition coefficient (Wildman–Crippen LogP) is -0.614. The van der Waals surface area contributed by atoms with Crippen LogP contribution in [0.1, 0.15) is 6.92 Å². The first-order valence-corrected chi connectivity index (χ1v) is 3.18. The Kier molecular flexibility index (Phi) is 4.43. The standard InChI is InChI=1S/C6H9NO5/c1-4(8)5(9)12-3-2-7-6(10)11/h7H,2-3H2,1H3,(H,10,11). The smallest absolute Gasteiger partial charge is 0.404 e. The SMILES string of the molecule is CC(=O)C(=O)OCCNC(=O)O. The van der Waals surface area contributed by atoms with Gasteiger partial charge >= 0.3 is 12.1 Å². The summed E-state index contributed by atoms with van der Waals surface area (Å²) >= 11 is 0. The van der Waals surface area contributed by atoms with Crippen LogP contribution in [0.25, 0.3) is 0 Å². The molecule has 0 saturated heterocycles. The van der Waals surface area contributed by atoms with Crippen molar-refractivity contribution in [2.45, 2.75) is 6.92 Å². The quantitative estimate of drug-likeness (QED) is 0.337. The number of carbonyl (C=O) groups is 3. The molecule has 0 aromatic rings. The molecule has 6 nitrogen and oxygen atoms in total. The van der Waals surface area contributed by atoms with Crippen LogP contribution < -0.4 is 5.32 Å². The zero-order valence-corrected chi connectivity index (χ0v) is 6.49. The summed E-state index contributed by atoms with van der Waals surface area (Å²) in [4.78, 5) is 30.6. The lowest BCUT2D eigenvalue weighted by atomic mass is 10.5. The van der Waals surface area contributed by atoms with E-state index in [4.69, 9.17) is 5.11 Å². The fraction of sp³-hybridized carbons (Fsp3) is 0.500. The molecular weight excluding hydrogens is 166 g/mol. The van der Waals surface area contributed by atoms with Crippen molar-refractivity contribution >= 4 is 17.8 Å². The average molecular weight is 175 g/mol. The summed E-state index contributed by atoms with van der Waals surface area (Å²) in [5.41, 5.74) is 0. The minimum Gasteiger partial charge on any atom is -0.465 e. The highest BCUT2D eigenvalue weighted by molar-refractivity contribution is 6.32. The Morgan fingerprint density at radius 3 is 2.42 bits per heavy atom. The van der Waals surface area contributed by atoms with Crippen LogP contribution >= 0.6 is 0 Å². The maximum Gasteiger partial charge on any atom is 0.404 e. The molecule has 2 N–H and O–H groups in total. The number of esters is 1. The Morgan fingerprint density at radius 1 is 1.42 bits per heavy atom. The van der Waals surface area contributed by atoms with Crippen LogP contribution in [0.3, 0.4) is 0 Å². The number of ether oxygens (including phenoxy) is 1. The van der Waals surface area contributed by atoms with Crippen molar-refractivity contribution in [1.29, 1.82) is 0 Å². The molecule has 68 valence electrons. The van der Waals surface area contributed by atoms with Crippen LogP contribution in [0, 0.1) is 0 Å². The third-order valence-electron chi connectivity index (χ3n) is 0.899. The summed E-state index contributed by atoms with van der Waals surface area (Å²) in [6.07, 6.45) is -1.20. The van der Waals surface area contributed by atoms with Crippen molar-refractivity contribution in [2.24, 2.45) is 0 Å². The highest BCUT2D eigenvalue weighted by atomic mass is 16.5. The van der Waals surface area contributed by atoms with Crippen LogP contribution in [0.5, 0.6) is 0 Å². The molecule has 0 saturated carbocycles. The number of hydrogen-bond donors (Lipinski definition) is 2. The lowest BCUT2D eigenvalue weighted by molar-refractivity contribution is -0.152. The largest absolute Gasteiger partial charge is 0.465 e. The summed E-state index contributed by atoms with van der Waals surface area (Å²) in [6.45, 7) is 0.923. The molecule has 0 spiro atoms. The molecule has 0 heterocycles. The van der Waals surface area contributed by atoms with Crippen molar-refractivity contribution in [3.05, 3.63) is 0 Å². The highest BCUT2D eigenvalue weighted by Crippen LogP contribution is 1.78. The van der Waals surface area contributed by atoms with Gasteiger partial charge in [-0.05, 0) is 0 Å². The van der Waals surface area contributed by atoms with Crippen molar-refractivity contribution in [3.8, 4) is 0 Å². The van der Waals surface area contributed by atoms with Gasteiger partial charge in [0.05, 0.1) is 6.54 Å². The van der Waals surface area contributed by atoms with Gasteiger partial charge in [0.15, 0.2) is 0 Å². The maximum absolute atomic E-state index is 10.4. The zero-order valence-electron chi connectivity index (χ0n) is 6.49. The van der Waals surface area contributed by atoms with E-state index in [1.807, 2.05) is 5.32 Å². The molecule has 1 amide bonds. The fourth-order valence-electron chi connectivity index (χ4n) is 0.403. The Balaban J connectivity index is 3.38. The molecule has 0 atom stereocenters. The van der Waals surface area contributed by atoms with Crippen molar-refractivity contribution in [1.82, 2.24) is 5.32 Å². The first-order chi connectivity index (χ1) is 5.54. The summed E-state index contributed by atoms with van der Waals surface area (Å²) in [5, 5.41) is 10.0. The van der Waals surface area contributed by atoms with E-state index in [1.165, 1.54) is 0 Å². The van der Waals surface area contributed by atoms with Crippen LogP contribution in [0.2, 0.25) is 0 Å². The maximum atomic E-state index is 10.4. The molecule has 12 heavy (non-hydrogen) atoms. The van der Waals surface area contributed by atoms with Gasteiger partial charge in [0.1, 0.15) is 6.61 Å². The number of Topliss-reactive ketones (excluding diaryl/α,β-unsaturated/α-hetero) is 1. The number of hydrogen-bond acceptors (Lipinski definition) is 4. The van der Waals surface area contributed by atoms with Crippen LogP contribution in [-0.4, -0.2) is 36.1 Å². The lowest BCUT2D eigenvalue weighted by Crippen LogP contribution is -2.27. The van der Waals surface area contributed by atoms with Gasteiger partial charge in [0.2, 0.25) is 5.78 Å². The third-order valence-corrected chi connectivity index (χ3v) is 0.899. The first-order valence-electron chi connectivity index (χ1n) is 3.18.